The fraction of sp³-hybridized carbons (Fsp3) is 0. The first-order chi connectivity index (χ1) is 32.3. The fourth-order valence-electron chi connectivity index (χ4n) is 8.84. The molecule has 0 spiro atoms. The van der Waals surface area contributed by atoms with Gasteiger partial charge in [-0.3, -0.25) is 0 Å². The lowest BCUT2D eigenvalue weighted by Crippen LogP contribution is -2.01. The third kappa shape index (κ3) is 6.36. The number of aromatic nitrogens is 3. The first-order valence-corrected chi connectivity index (χ1v) is 20.8. The van der Waals surface area contributed by atoms with Gasteiger partial charge in [0.15, 0.2) is 17.5 Å². The zero-order valence-corrected chi connectivity index (χ0v) is 33.4. The summed E-state index contributed by atoms with van der Waals surface area (Å²) in [5, 5.41) is 11.0. The Balaban J connectivity index is 1.03. The lowest BCUT2D eigenvalue weighted by atomic mass is 9.94. The Morgan fingerprint density at radius 2 is 0.710 bits per heavy atom. The molecule has 1 aromatic heterocycles. The van der Waals surface area contributed by atoms with Crippen molar-refractivity contribution in [2.24, 2.45) is 0 Å². The smallest absolute Gasteiger partial charge is 0.164 e. The van der Waals surface area contributed by atoms with Crippen molar-refractivity contribution < 1.29 is 5.48 Å². The Bertz CT molecular complexity index is 3950. The van der Waals surface area contributed by atoms with Crippen LogP contribution in [0.3, 0.4) is 0 Å². The van der Waals surface area contributed by atoms with Crippen molar-refractivity contribution in [3.63, 3.8) is 0 Å². The first-order valence-electron chi connectivity index (χ1n) is 22.8. The highest BCUT2D eigenvalue weighted by Gasteiger charge is 2.17. The molecule has 12 aromatic rings. The molecular weight excluding hydrogens is 751 g/mol. The first kappa shape index (κ1) is 31.6. The number of benzene rings is 11. The number of hydrogen-bond acceptors (Lipinski definition) is 3. The van der Waals surface area contributed by atoms with Crippen LogP contribution in [-0.2, 0) is 0 Å². The summed E-state index contributed by atoms with van der Waals surface area (Å²) >= 11 is 0. The van der Waals surface area contributed by atoms with Gasteiger partial charge in [0.05, 0.1) is 5.48 Å². The predicted molar refractivity (Wildman–Crippen MR) is 260 cm³/mol. The number of hydrogen-bond donors (Lipinski definition) is 0. The summed E-state index contributed by atoms with van der Waals surface area (Å²) in [6, 6.07) is 67.6. The Labute approximate surface area is 364 Å². The van der Waals surface area contributed by atoms with Gasteiger partial charge in [0.1, 0.15) is 0 Å². The zero-order chi connectivity index (χ0) is 44.5. The van der Waals surface area contributed by atoms with Crippen molar-refractivity contribution in [1.29, 1.82) is 0 Å². The molecule has 0 aliphatic carbocycles. The van der Waals surface area contributed by atoms with Gasteiger partial charge in [-0.2, -0.15) is 0 Å². The van der Waals surface area contributed by atoms with E-state index in [2.05, 4.69) is 127 Å². The van der Waals surface area contributed by atoms with Crippen LogP contribution in [0.2, 0.25) is 0 Å². The molecule has 0 aliphatic heterocycles. The van der Waals surface area contributed by atoms with Crippen molar-refractivity contribution in [3.8, 4) is 67.5 Å². The molecule has 0 unspecified atom stereocenters. The third-order valence-corrected chi connectivity index (χ3v) is 12.0. The number of nitrogens with zero attached hydrogens (tertiary/aromatic N) is 3. The summed E-state index contributed by atoms with van der Waals surface area (Å²) in [6.07, 6.45) is 0. The van der Waals surface area contributed by atoms with Crippen LogP contribution in [0, 0.1) is 0 Å². The maximum Gasteiger partial charge on any atom is 0.164 e. The van der Waals surface area contributed by atoms with E-state index in [1.807, 2.05) is 72.8 Å². The van der Waals surface area contributed by atoms with Crippen molar-refractivity contribution in [2.75, 3.05) is 0 Å². The molecule has 0 radical (unpaired) electrons. The van der Waals surface area contributed by atoms with E-state index < -0.39 is 0 Å². The Kier molecular flexibility index (Phi) is 7.54. The highest BCUT2D eigenvalue weighted by atomic mass is 15.0. The van der Waals surface area contributed by atoms with E-state index in [0.717, 1.165) is 65.3 Å². The predicted octanol–water partition coefficient (Wildman–Crippen LogP) is 15.6. The van der Waals surface area contributed by atoms with E-state index >= 15 is 0 Å². The minimum Gasteiger partial charge on any atom is -0.208 e. The molecule has 0 saturated heterocycles. The molecule has 62 heavy (non-hydrogen) atoms. The van der Waals surface area contributed by atoms with Gasteiger partial charge in [0.2, 0.25) is 0 Å². The highest BCUT2D eigenvalue weighted by molar-refractivity contribution is 6.08. The monoisotopic (exact) mass is 791 g/mol. The number of fused-ring (bicyclic) bond motifs is 6. The standard InChI is InChI=1S/C59H37N3/c1-2-14-42-34-48(30-23-38(42)11-1)54-20-7-8-21-55(54)59-61-57(60-58(62-59)50-32-26-41-25-24-40-13-4-6-19-52(40)56(41)37-50)49-17-9-16-43(36-49)44-27-28-46-35-47(31-29-45(46)33-44)53-22-10-15-39-12-3-5-18-51(39)53/h1-37H/i7D,8D,20D,21D. The molecule has 12 rings (SSSR count). The normalized spacial score (nSPS) is 12.5. The van der Waals surface area contributed by atoms with Crippen LogP contribution in [0.25, 0.3) is 121 Å². The Morgan fingerprint density at radius 3 is 1.50 bits per heavy atom. The second-order valence-corrected chi connectivity index (χ2v) is 15.7. The van der Waals surface area contributed by atoms with Crippen molar-refractivity contribution in [1.82, 2.24) is 15.0 Å². The molecule has 11 aromatic carbocycles. The molecule has 0 amide bonds. The highest BCUT2D eigenvalue weighted by Crippen LogP contribution is 2.37. The van der Waals surface area contributed by atoms with Gasteiger partial charge in [0.25, 0.3) is 0 Å². The third-order valence-electron chi connectivity index (χ3n) is 12.0. The van der Waals surface area contributed by atoms with Gasteiger partial charge in [-0.25, -0.2) is 15.0 Å². The van der Waals surface area contributed by atoms with Crippen LogP contribution >= 0.6 is 0 Å². The topological polar surface area (TPSA) is 38.7 Å². The molecule has 0 fully saturated rings. The fourth-order valence-corrected chi connectivity index (χ4v) is 8.84. The summed E-state index contributed by atoms with van der Waals surface area (Å²) in [4.78, 5) is 15.4. The molecule has 1 heterocycles. The maximum absolute atomic E-state index is 9.39. The second kappa shape index (κ2) is 14.8. The molecular formula is C59H37N3. The Hall–Kier alpha value is -8.27. The summed E-state index contributed by atoms with van der Waals surface area (Å²) in [5.74, 6) is 0.924. The largest absolute Gasteiger partial charge is 0.208 e. The quantitative estimate of drug-likeness (QED) is 0.157. The van der Waals surface area contributed by atoms with Crippen LogP contribution in [0.5, 0.6) is 0 Å². The Morgan fingerprint density at radius 1 is 0.258 bits per heavy atom. The van der Waals surface area contributed by atoms with Gasteiger partial charge in [-0.15, -0.1) is 0 Å². The van der Waals surface area contributed by atoms with E-state index in [9.17, 15) is 2.74 Å². The molecule has 0 N–H and O–H groups in total. The van der Waals surface area contributed by atoms with E-state index in [1.165, 1.54) is 21.9 Å². The van der Waals surface area contributed by atoms with Crippen molar-refractivity contribution >= 4 is 53.9 Å². The average molecular weight is 792 g/mol. The van der Waals surface area contributed by atoms with E-state index in [-0.39, 0.29) is 35.6 Å². The summed E-state index contributed by atoms with van der Waals surface area (Å²) in [6.45, 7) is 0. The van der Waals surface area contributed by atoms with Crippen LogP contribution in [0.15, 0.2) is 224 Å². The molecule has 3 nitrogen and oxygen atoms in total. The number of rotatable bonds is 6. The van der Waals surface area contributed by atoms with E-state index in [0.29, 0.717) is 22.8 Å². The summed E-state index contributed by atoms with van der Waals surface area (Å²) in [7, 11) is 0. The molecule has 0 bridgehead atoms. The molecule has 288 valence electrons. The second-order valence-electron chi connectivity index (χ2n) is 15.7. The molecule has 0 atom stereocenters. The van der Waals surface area contributed by atoms with Gasteiger partial charge in [0, 0.05) is 16.7 Å². The molecule has 0 saturated carbocycles. The molecule has 0 aliphatic rings. The molecule has 3 heteroatoms. The van der Waals surface area contributed by atoms with Crippen LogP contribution < -0.4 is 0 Å². The van der Waals surface area contributed by atoms with E-state index in [1.54, 1.807) is 0 Å². The van der Waals surface area contributed by atoms with Crippen LogP contribution in [0.4, 0.5) is 0 Å². The minimum atomic E-state index is -0.359. The van der Waals surface area contributed by atoms with E-state index in [4.69, 9.17) is 17.7 Å². The summed E-state index contributed by atoms with van der Waals surface area (Å²) < 4.78 is 36.3. The zero-order valence-electron chi connectivity index (χ0n) is 37.4. The SMILES string of the molecule is [2H]c1c([2H])c([2H])c(-c2nc(-c3cccc(-c4ccc5cc(-c6cccc7ccccc67)ccc5c4)c3)nc(-c3ccc4ccc5ccccc5c4c3)n2)c(-c2ccc3ccccc3c2)c1[2H]. The average Bonchev–Trinajstić information content (AvgIpc) is 3.38. The van der Waals surface area contributed by atoms with Gasteiger partial charge >= 0.3 is 0 Å². The van der Waals surface area contributed by atoms with Crippen molar-refractivity contribution in [3.05, 3.63) is 224 Å². The van der Waals surface area contributed by atoms with Crippen LogP contribution in [-0.4, -0.2) is 15.0 Å². The minimum absolute atomic E-state index is 0.154. The van der Waals surface area contributed by atoms with Gasteiger partial charge in [-0.05, 0) is 118 Å². The lowest BCUT2D eigenvalue weighted by molar-refractivity contribution is 1.07. The summed E-state index contributed by atoms with van der Waals surface area (Å²) in [5.41, 5.74) is 7.06. The van der Waals surface area contributed by atoms with Crippen molar-refractivity contribution in [2.45, 2.75) is 0 Å². The van der Waals surface area contributed by atoms with Gasteiger partial charge < -0.3 is 0 Å². The lowest BCUT2D eigenvalue weighted by Gasteiger charge is -2.14. The van der Waals surface area contributed by atoms with Gasteiger partial charge in [-0.1, -0.05) is 194 Å². The maximum atomic E-state index is 9.39. The van der Waals surface area contributed by atoms with Crippen LogP contribution in [0.1, 0.15) is 5.48 Å².